The summed E-state index contributed by atoms with van der Waals surface area (Å²) in [7, 11) is 0. The molecule has 0 aliphatic carbocycles. The molecule has 0 saturated carbocycles. The minimum Gasteiger partial charge on any atom is -0.494 e. The van der Waals surface area contributed by atoms with E-state index >= 15 is 0 Å². The summed E-state index contributed by atoms with van der Waals surface area (Å²) in [5, 5.41) is 17.1. The Balaban J connectivity index is 2.05. The fourth-order valence-electron chi connectivity index (χ4n) is 3.15. The van der Waals surface area contributed by atoms with Crippen molar-refractivity contribution in [3.05, 3.63) is 53.6 Å². The number of carbonyl (C=O) groups is 2. The molecule has 0 spiro atoms. The van der Waals surface area contributed by atoms with E-state index in [4.69, 9.17) is 15.3 Å². The Hall–Kier alpha value is -3.15. The Labute approximate surface area is 171 Å². The van der Waals surface area contributed by atoms with E-state index in [-0.39, 0.29) is 6.42 Å². The molecule has 6 heteroatoms. The highest BCUT2D eigenvalue weighted by molar-refractivity contribution is 5.88. The number of carbonyl (C=O) groups excluding carboxylic acids is 1. The summed E-state index contributed by atoms with van der Waals surface area (Å²) in [5.41, 5.74) is 3.78. The van der Waals surface area contributed by atoms with E-state index in [0.29, 0.717) is 43.1 Å². The number of rotatable bonds is 11. The number of hydrogen-bond acceptors (Lipinski definition) is 4. The van der Waals surface area contributed by atoms with Crippen molar-refractivity contribution in [2.45, 2.75) is 39.5 Å². The van der Waals surface area contributed by atoms with Gasteiger partial charge < -0.3 is 14.7 Å². The summed E-state index contributed by atoms with van der Waals surface area (Å²) in [6.07, 6.45) is 2.81. The number of nitrogens with one attached hydrogen (secondary N) is 1. The zero-order chi connectivity index (χ0) is 21.2. The van der Waals surface area contributed by atoms with E-state index in [0.717, 1.165) is 29.5 Å². The number of carboxylic acid groups (broad SMARTS) is 1. The largest absolute Gasteiger partial charge is 0.494 e. The van der Waals surface area contributed by atoms with Gasteiger partial charge in [-0.2, -0.15) is 0 Å². The zero-order valence-electron chi connectivity index (χ0n) is 17.0. The van der Waals surface area contributed by atoms with Crippen LogP contribution >= 0.6 is 0 Å². The Morgan fingerprint density at radius 1 is 1.14 bits per heavy atom. The molecule has 2 aromatic rings. The molecule has 0 heterocycles. The van der Waals surface area contributed by atoms with Gasteiger partial charge in [0.25, 0.3) is 0 Å². The van der Waals surface area contributed by atoms with E-state index in [2.05, 4.69) is 0 Å². The molecule has 0 fully saturated rings. The molecule has 0 radical (unpaired) electrons. The Bertz CT molecular complexity index is 846. The second-order valence-corrected chi connectivity index (χ2v) is 6.71. The maximum absolute atomic E-state index is 11.2. The second kappa shape index (κ2) is 11.0. The molecule has 154 valence electrons. The van der Waals surface area contributed by atoms with E-state index in [9.17, 15) is 9.59 Å². The maximum Gasteiger partial charge on any atom is 0.307 e. The average Bonchev–Trinajstić information content (AvgIpc) is 2.70. The van der Waals surface area contributed by atoms with Crippen molar-refractivity contribution in [1.82, 2.24) is 4.90 Å². The number of aliphatic carboxylic acids is 1. The number of hydrogen-bond donors (Lipinski definition) is 2. The number of ether oxygens (including phenoxy) is 1. The summed E-state index contributed by atoms with van der Waals surface area (Å²) < 4.78 is 5.54. The molecule has 6 nitrogen and oxygen atoms in total. The van der Waals surface area contributed by atoms with Gasteiger partial charge in [-0.3, -0.25) is 15.0 Å². The van der Waals surface area contributed by atoms with Crippen LogP contribution in [0.4, 0.5) is 0 Å². The molecule has 0 aliphatic heterocycles. The highest BCUT2D eigenvalue weighted by Gasteiger charge is 2.10. The molecule has 0 atom stereocenters. The first-order valence-corrected chi connectivity index (χ1v) is 9.84. The SMILES string of the molecule is CCOc1ccc(-c2ccc(CCCC(=N)N(C=O)CC)cc2)cc1CC(=O)O. The quantitative estimate of drug-likeness (QED) is 0.339. The van der Waals surface area contributed by atoms with Gasteiger partial charge in [0.2, 0.25) is 6.41 Å². The van der Waals surface area contributed by atoms with Gasteiger partial charge in [-0.25, -0.2) is 0 Å². The lowest BCUT2D eigenvalue weighted by atomic mass is 9.98. The van der Waals surface area contributed by atoms with Crippen molar-refractivity contribution in [2.24, 2.45) is 0 Å². The summed E-state index contributed by atoms with van der Waals surface area (Å²) in [6.45, 7) is 4.73. The van der Waals surface area contributed by atoms with Gasteiger partial charge in [0, 0.05) is 18.5 Å². The molecule has 2 rings (SSSR count). The summed E-state index contributed by atoms with van der Waals surface area (Å²) >= 11 is 0. The van der Waals surface area contributed by atoms with E-state index in [1.165, 1.54) is 4.90 Å². The third kappa shape index (κ3) is 6.45. The van der Waals surface area contributed by atoms with E-state index < -0.39 is 5.97 Å². The lowest BCUT2D eigenvalue weighted by Crippen LogP contribution is -2.28. The standard InChI is InChI=1S/C23H28N2O4/c1-3-25(16-26)22(24)7-5-6-17-8-10-18(11-9-17)19-12-13-21(29-4-2)20(14-19)15-23(27)28/h8-14,16,24H,3-7,15H2,1-2H3,(H,27,28). The molecule has 0 aromatic heterocycles. The van der Waals surface area contributed by atoms with E-state index in [1.54, 1.807) is 0 Å². The molecule has 1 amide bonds. The van der Waals surface area contributed by atoms with Gasteiger partial charge in [0.05, 0.1) is 13.0 Å². The average molecular weight is 396 g/mol. The second-order valence-electron chi connectivity index (χ2n) is 6.71. The lowest BCUT2D eigenvalue weighted by Gasteiger charge is -2.15. The van der Waals surface area contributed by atoms with Crippen LogP contribution in [0.2, 0.25) is 0 Å². The number of amidine groups is 1. The number of carboxylic acids is 1. The topological polar surface area (TPSA) is 90.7 Å². The van der Waals surface area contributed by atoms with Gasteiger partial charge in [-0.15, -0.1) is 0 Å². The highest BCUT2D eigenvalue weighted by Crippen LogP contribution is 2.28. The fraction of sp³-hybridized carbons (Fsp3) is 0.348. The monoisotopic (exact) mass is 396 g/mol. The lowest BCUT2D eigenvalue weighted by molar-refractivity contribution is -0.136. The van der Waals surface area contributed by atoms with Gasteiger partial charge in [0.15, 0.2) is 0 Å². The first-order chi connectivity index (χ1) is 14.0. The maximum atomic E-state index is 11.2. The molecule has 2 N–H and O–H groups in total. The van der Waals surface area contributed by atoms with Crippen molar-refractivity contribution < 1.29 is 19.4 Å². The Morgan fingerprint density at radius 3 is 2.41 bits per heavy atom. The van der Waals surface area contributed by atoms with Crippen LogP contribution in [0.1, 0.15) is 37.8 Å². The van der Waals surface area contributed by atoms with Crippen LogP contribution in [0.3, 0.4) is 0 Å². The number of amides is 1. The summed E-state index contributed by atoms with van der Waals surface area (Å²) in [4.78, 5) is 23.4. The van der Waals surface area contributed by atoms with Crippen LogP contribution in [0.25, 0.3) is 11.1 Å². The Kier molecular flexibility index (Phi) is 8.40. The Morgan fingerprint density at radius 2 is 1.83 bits per heavy atom. The molecule has 0 bridgehead atoms. The summed E-state index contributed by atoms with van der Waals surface area (Å²) in [5.74, 6) is 0.0638. The van der Waals surface area contributed by atoms with Crippen LogP contribution in [0, 0.1) is 5.41 Å². The van der Waals surface area contributed by atoms with Crippen molar-refractivity contribution in [2.75, 3.05) is 13.2 Å². The first-order valence-electron chi connectivity index (χ1n) is 9.84. The molecule has 29 heavy (non-hydrogen) atoms. The van der Waals surface area contributed by atoms with Crippen LogP contribution in [-0.2, 0) is 22.4 Å². The van der Waals surface area contributed by atoms with Crippen LogP contribution in [0.5, 0.6) is 5.75 Å². The number of nitrogens with zero attached hydrogens (tertiary/aromatic N) is 1. The summed E-state index contributed by atoms with van der Waals surface area (Å²) in [6, 6.07) is 13.8. The third-order valence-electron chi connectivity index (χ3n) is 4.68. The van der Waals surface area contributed by atoms with Crippen molar-refractivity contribution in [3.63, 3.8) is 0 Å². The number of aryl methyl sites for hydroxylation is 1. The smallest absolute Gasteiger partial charge is 0.307 e. The van der Waals surface area contributed by atoms with Crippen molar-refractivity contribution in [1.29, 1.82) is 5.41 Å². The van der Waals surface area contributed by atoms with Gasteiger partial charge in [-0.1, -0.05) is 30.3 Å². The van der Waals surface area contributed by atoms with E-state index in [1.807, 2.05) is 56.3 Å². The molecular weight excluding hydrogens is 368 g/mol. The predicted octanol–water partition coefficient (Wildman–Crippen LogP) is 4.16. The highest BCUT2D eigenvalue weighted by atomic mass is 16.5. The first kappa shape index (κ1) is 22.1. The molecule has 0 saturated heterocycles. The van der Waals surface area contributed by atoms with Crippen LogP contribution in [-0.4, -0.2) is 41.4 Å². The van der Waals surface area contributed by atoms with Gasteiger partial charge in [0.1, 0.15) is 11.6 Å². The minimum atomic E-state index is -0.889. The third-order valence-corrected chi connectivity index (χ3v) is 4.68. The predicted molar refractivity (Wildman–Crippen MR) is 113 cm³/mol. The van der Waals surface area contributed by atoms with Crippen molar-refractivity contribution >= 4 is 18.2 Å². The van der Waals surface area contributed by atoms with Crippen molar-refractivity contribution in [3.8, 4) is 16.9 Å². The normalized spacial score (nSPS) is 10.4. The van der Waals surface area contributed by atoms with Crippen LogP contribution < -0.4 is 4.74 Å². The van der Waals surface area contributed by atoms with Crippen LogP contribution in [0.15, 0.2) is 42.5 Å². The fourth-order valence-corrected chi connectivity index (χ4v) is 3.15. The molecule has 2 aromatic carbocycles. The molecular formula is C23H28N2O4. The van der Waals surface area contributed by atoms with Gasteiger partial charge >= 0.3 is 5.97 Å². The zero-order valence-corrected chi connectivity index (χ0v) is 17.0. The minimum absolute atomic E-state index is 0.0806. The number of benzene rings is 2. The molecule has 0 aliphatic rings. The van der Waals surface area contributed by atoms with Gasteiger partial charge in [-0.05, 0) is 55.5 Å². The molecule has 0 unspecified atom stereocenters.